The fourth-order valence-corrected chi connectivity index (χ4v) is 3.78. The molecule has 0 spiro atoms. The van der Waals surface area contributed by atoms with E-state index >= 15 is 0 Å². The first-order valence-electron chi connectivity index (χ1n) is 7.48. The van der Waals surface area contributed by atoms with Crippen LogP contribution in [0.2, 0.25) is 5.02 Å². The molecule has 0 saturated carbocycles. The maximum Gasteiger partial charge on any atom is 0.263 e. The van der Waals surface area contributed by atoms with E-state index in [1.54, 1.807) is 48.5 Å². The lowest BCUT2D eigenvalue weighted by atomic mass is 10.2. The summed E-state index contributed by atoms with van der Waals surface area (Å²) in [5.41, 5.74) is 1.54. The molecule has 0 saturated heterocycles. The quantitative estimate of drug-likeness (QED) is 0.689. The minimum Gasteiger partial charge on any atom is -0.340 e. The first-order chi connectivity index (χ1) is 12.5. The molecular formula is C18H13ClN4O2S. The summed E-state index contributed by atoms with van der Waals surface area (Å²) in [6, 6.07) is 18.4. The average molecular weight is 385 g/mol. The second-order valence-electron chi connectivity index (χ2n) is 5.29. The Morgan fingerprint density at radius 2 is 1.81 bits per heavy atom. The van der Waals surface area contributed by atoms with Gasteiger partial charge < -0.3 is 5.32 Å². The number of sulfonamides is 1. The average Bonchev–Trinajstić information content (AvgIpc) is 2.63. The van der Waals surface area contributed by atoms with Crippen LogP contribution in [0.1, 0.15) is 5.56 Å². The van der Waals surface area contributed by atoms with Gasteiger partial charge in [0.05, 0.1) is 28.5 Å². The Balaban J connectivity index is 1.76. The highest BCUT2D eigenvalue weighted by Gasteiger charge is 2.17. The zero-order chi connectivity index (χ0) is 18.6. The zero-order valence-electron chi connectivity index (χ0n) is 13.3. The number of hydrogen-bond acceptors (Lipinski definition) is 5. The predicted molar refractivity (Wildman–Crippen MR) is 101 cm³/mol. The Bertz CT molecular complexity index is 1080. The molecule has 1 aromatic heterocycles. The molecule has 2 aromatic carbocycles. The number of rotatable bonds is 5. The third-order valence-electron chi connectivity index (χ3n) is 3.41. The summed E-state index contributed by atoms with van der Waals surface area (Å²) < 4.78 is 27.2. The van der Waals surface area contributed by atoms with Crippen molar-refractivity contribution in [3.8, 4) is 6.07 Å². The molecule has 8 heteroatoms. The number of nitrogens with zero attached hydrogens (tertiary/aromatic N) is 2. The summed E-state index contributed by atoms with van der Waals surface area (Å²) in [6.45, 7) is 0. The predicted octanol–water partition coefficient (Wildman–Crippen LogP) is 4.15. The summed E-state index contributed by atoms with van der Waals surface area (Å²) in [6.07, 6.45) is 1.39. The molecule has 0 atom stereocenters. The highest BCUT2D eigenvalue weighted by atomic mass is 35.5. The van der Waals surface area contributed by atoms with E-state index in [1.807, 2.05) is 0 Å². The van der Waals surface area contributed by atoms with Gasteiger partial charge in [-0.05, 0) is 42.5 Å². The van der Waals surface area contributed by atoms with Crippen LogP contribution < -0.4 is 10.0 Å². The van der Waals surface area contributed by atoms with Gasteiger partial charge >= 0.3 is 0 Å². The van der Waals surface area contributed by atoms with Crippen LogP contribution in [0.15, 0.2) is 71.8 Å². The molecule has 0 radical (unpaired) electrons. The maximum atomic E-state index is 12.4. The van der Waals surface area contributed by atoms with Crippen molar-refractivity contribution in [3.05, 3.63) is 77.4 Å². The molecule has 1 heterocycles. The van der Waals surface area contributed by atoms with Gasteiger partial charge in [-0.25, -0.2) is 13.4 Å². The van der Waals surface area contributed by atoms with Crippen LogP contribution in [0, 0.1) is 11.3 Å². The Morgan fingerprint density at radius 1 is 1.00 bits per heavy atom. The van der Waals surface area contributed by atoms with Crippen LogP contribution in [-0.2, 0) is 10.0 Å². The van der Waals surface area contributed by atoms with Crippen molar-refractivity contribution in [2.24, 2.45) is 0 Å². The molecule has 0 aliphatic heterocycles. The summed E-state index contributed by atoms with van der Waals surface area (Å²) in [7, 11) is -3.80. The molecule has 3 rings (SSSR count). The maximum absolute atomic E-state index is 12.4. The van der Waals surface area contributed by atoms with Crippen molar-refractivity contribution in [1.82, 2.24) is 4.98 Å². The van der Waals surface area contributed by atoms with Crippen LogP contribution in [0.25, 0.3) is 0 Å². The molecule has 0 fully saturated rings. The lowest BCUT2D eigenvalue weighted by Gasteiger charge is -2.10. The first-order valence-corrected chi connectivity index (χ1v) is 9.35. The number of anilines is 3. The second kappa shape index (κ2) is 7.44. The van der Waals surface area contributed by atoms with Crippen LogP contribution in [-0.4, -0.2) is 13.4 Å². The van der Waals surface area contributed by atoms with Gasteiger partial charge in [0.1, 0.15) is 10.7 Å². The lowest BCUT2D eigenvalue weighted by molar-refractivity contribution is 0.601. The highest BCUT2D eigenvalue weighted by molar-refractivity contribution is 7.92. The van der Waals surface area contributed by atoms with Crippen LogP contribution in [0.3, 0.4) is 0 Å². The SMILES string of the molecule is N#Cc1cccc(Nc2ccc(NS(=O)(=O)c3ccccc3Cl)cn2)c1. The van der Waals surface area contributed by atoms with Crippen molar-refractivity contribution < 1.29 is 8.42 Å². The molecule has 0 amide bonds. The molecular weight excluding hydrogens is 372 g/mol. The van der Waals surface area contributed by atoms with E-state index in [2.05, 4.69) is 21.1 Å². The Labute approximate surface area is 156 Å². The zero-order valence-corrected chi connectivity index (χ0v) is 14.9. The van der Waals surface area contributed by atoms with Crippen molar-refractivity contribution >= 4 is 38.8 Å². The highest BCUT2D eigenvalue weighted by Crippen LogP contribution is 2.24. The number of benzene rings is 2. The van der Waals surface area contributed by atoms with Gasteiger partial charge in [-0.1, -0.05) is 29.8 Å². The standard InChI is InChI=1S/C18H13ClN4O2S/c19-16-6-1-2-7-17(16)26(24,25)23-15-8-9-18(21-12-15)22-14-5-3-4-13(10-14)11-20/h1-10,12,23H,(H,21,22). The normalized spacial score (nSPS) is 10.8. The van der Waals surface area contributed by atoms with Gasteiger partial charge in [-0.3, -0.25) is 4.72 Å². The second-order valence-corrected chi connectivity index (χ2v) is 7.34. The molecule has 6 nitrogen and oxygen atoms in total. The summed E-state index contributed by atoms with van der Waals surface area (Å²) in [5.74, 6) is 0.515. The van der Waals surface area contributed by atoms with E-state index in [9.17, 15) is 8.42 Å². The number of aromatic nitrogens is 1. The number of nitrogens with one attached hydrogen (secondary N) is 2. The number of hydrogen-bond donors (Lipinski definition) is 2. The molecule has 2 N–H and O–H groups in total. The fourth-order valence-electron chi connectivity index (χ4n) is 2.22. The Hall–Kier alpha value is -3.08. The Morgan fingerprint density at radius 3 is 2.50 bits per heavy atom. The van der Waals surface area contributed by atoms with Gasteiger partial charge in [0.25, 0.3) is 10.0 Å². The first kappa shape index (κ1) is 17.7. The third kappa shape index (κ3) is 4.11. The van der Waals surface area contributed by atoms with Gasteiger partial charge in [0.15, 0.2) is 0 Å². The number of pyridine rings is 1. The molecule has 3 aromatic rings. The third-order valence-corrected chi connectivity index (χ3v) is 5.29. The smallest absolute Gasteiger partial charge is 0.263 e. The largest absolute Gasteiger partial charge is 0.340 e. The van der Waals surface area contributed by atoms with Gasteiger partial charge in [0, 0.05) is 5.69 Å². The molecule has 0 bridgehead atoms. The van der Waals surface area contributed by atoms with E-state index in [0.29, 0.717) is 22.8 Å². The summed E-state index contributed by atoms with van der Waals surface area (Å²) in [4.78, 5) is 4.17. The molecule has 26 heavy (non-hydrogen) atoms. The summed E-state index contributed by atoms with van der Waals surface area (Å²) in [5, 5.41) is 12.1. The van der Waals surface area contributed by atoms with Gasteiger partial charge in [-0.2, -0.15) is 5.26 Å². The number of nitriles is 1. The monoisotopic (exact) mass is 384 g/mol. The Kier molecular flexibility index (Phi) is 5.07. The van der Waals surface area contributed by atoms with E-state index in [-0.39, 0.29) is 9.92 Å². The van der Waals surface area contributed by atoms with Gasteiger partial charge in [-0.15, -0.1) is 0 Å². The van der Waals surface area contributed by atoms with Crippen LogP contribution >= 0.6 is 11.6 Å². The van der Waals surface area contributed by atoms with Crippen molar-refractivity contribution in [3.63, 3.8) is 0 Å². The van der Waals surface area contributed by atoms with Crippen molar-refractivity contribution in [1.29, 1.82) is 5.26 Å². The molecule has 0 aliphatic carbocycles. The van der Waals surface area contributed by atoms with E-state index in [0.717, 1.165) is 0 Å². The minimum atomic E-state index is -3.80. The topological polar surface area (TPSA) is 94.9 Å². The van der Waals surface area contributed by atoms with E-state index in [4.69, 9.17) is 16.9 Å². The lowest BCUT2D eigenvalue weighted by Crippen LogP contribution is -2.13. The van der Waals surface area contributed by atoms with Gasteiger partial charge in [0.2, 0.25) is 0 Å². The van der Waals surface area contributed by atoms with Crippen molar-refractivity contribution in [2.75, 3.05) is 10.0 Å². The summed E-state index contributed by atoms with van der Waals surface area (Å²) >= 11 is 5.95. The van der Waals surface area contributed by atoms with E-state index < -0.39 is 10.0 Å². The molecule has 0 aliphatic rings. The van der Waals surface area contributed by atoms with Crippen molar-refractivity contribution in [2.45, 2.75) is 4.90 Å². The van der Waals surface area contributed by atoms with Crippen LogP contribution in [0.5, 0.6) is 0 Å². The molecule has 130 valence electrons. The van der Waals surface area contributed by atoms with Crippen LogP contribution in [0.4, 0.5) is 17.2 Å². The molecule has 0 unspecified atom stereocenters. The minimum absolute atomic E-state index is 0.00260. The fraction of sp³-hybridized carbons (Fsp3) is 0. The number of halogens is 1. The van der Waals surface area contributed by atoms with E-state index in [1.165, 1.54) is 18.3 Å².